The largest absolute Gasteiger partial charge is 0.454 e. The van der Waals surface area contributed by atoms with Crippen molar-refractivity contribution in [1.29, 1.82) is 0 Å². The molecule has 0 radical (unpaired) electrons. The second kappa shape index (κ2) is 53.0. The van der Waals surface area contributed by atoms with Gasteiger partial charge in [0.05, 0.1) is 25.4 Å². The lowest BCUT2D eigenvalue weighted by Crippen LogP contribution is -2.61. The highest BCUT2D eigenvalue weighted by Gasteiger charge is 2.47. The van der Waals surface area contributed by atoms with E-state index in [0.717, 1.165) is 89.9 Å². The van der Waals surface area contributed by atoms with Crippen LogP contribution in [0, 0.1) is 0 Å². The van der Waals surface area contributed by atoms with Gasteiger partial charge in [0.2, 0.25) is 5.91 Å². The lowest BCUT2D eigenvalue weighted by molar-refractivity contribution is -0.305. The Labute approximate surface area is 472 Å². The highest BCUT2D eigenvalue weighted by molar-refractivity contribution is 5.80. The van der Waals surface area contributed by atoms with Crippen LogP contribution in [-0.2, 0) is 23.8 Å². The topological polar surface area (TPSA) is 175 Å². The Morgan fingerprint density at radius 1 is 0.526 bits per heavy atom. The number of nitrogens with one attached hydrogen (secondary N) is 1. The lowest BCUT2D eigenvalue weighted by atomic mass is 9.99. The average Bonchev–Trinajstić information content (AvgIpc) is 3.45. The molecule has 0 aromatic carbocycles. The van der Waals surface area contributed by atoms with Gasteiger partial charge < -0.3 is 45.1 Å². The van der Waals surface area contributed by atoms with E-state index in [1.807, 2.05) is 72.9 Å². The SMILES string of the molecule is CC\C=C/C=C/C=C/C=C\C=C\C=C\CCCCCC(=O)OC1C(OCC(NC(=O)C(O)CCC/C=C\C/C=C\C/C=C\C/C=C\C/C=C\C/C=C\CC)C(O)/C=C/CCCCCCCCCCCC)OC(CO)C(O)C1O. The molecule has 0 spiro atoms. The van der Waals surface area contributed by atoms with Crippen LogP contribution in [0.25, 0.3) is 0 Å². The van der Waals surface area contributed by atoms with Crippen molar-refractivity contribution in [1.82, 2.24) is 5.32 Å². The molecule has 1 aliphatic heterocycles. The molecule has 0 aromatic rings. The van der Waals surface area contributed by atoms with Gasteiger partial charge in [-0.3, -0.25) is 9.59 Å². The molecule has 1 amide bonds. The third-order valence-electron chi connectivity index (χ3n) is 12.8. The van der Waals surface area contributed by atoms with Crippen molar-refractivity contribution < 1.29 is 49.3 Å². The number of hydrogen-bond donors (Lipinski definition) is 6. The van der Waals surface area contributed by atoms with Crippen LogP contribution in [0.5, 0.6) is 0 Å². The number of amides is 1. The van der Waals surface area contributed by atoms with Crippen molar-refractivity contribution >= 4 is 11.9 Å². The Balaban J connectivity index is 2.79. The molecular weight excluding hydrogens is 979 g/mol. The molecule has 1 heterocycles. The molecule has 0 saturated carbocycles. The highest BCUT2D eigenvalue weighted by Crippen LogP contribution is 2.26. The fourth-order valence-electron chi connectivity index (χ4n) is 8.16. The number of esters is 1. The van der Waals surface area contributed by atoms with Crippen LogP contribution in [0.2, 0.25) is 0 Å². The van der Waals surface area contributed by atoms with Gasteiger partial charge in [-0.05, 0) is 96.3 Å². The monoisotopic (exact) mass is 1080 g/mol. The second-order valence-electron chi connectivity index (χ2n) is 19.8. The van der Waals surface area contributed by atoms with Crippen molar-refractivity contribution in [2.75, 3.05) is 13.2 Å². The Kier molecular flexibility index (Phi) is 48.4. The molecule has 0 bridgehead atoms. The summed E-state index contributed by atoms with van der Waals surface area (Å²) in [5.74, 6) is -1.30. The van der Waals surface area contributed by atoms with E-state index in [1.54, 1.807) is 6.08 Å². The number of ether oxygens (including phenoxy) is 3. The van der Waals surface area contributed by atoms with Crippen LogP contribution in [0.1, 0.15) is 188 Å². The smallest absolute Gasteiger partial charge is 0.306 e. The minimum absolute atomic E-state index is 0.0562. The zero-order valence-electron chi connectivity index (χ0n) is 48.2. The summed E-state index contributed by atoms with van der Waals surface area (Å²) < 4.78 is 17.5. The summed E-state index contributed by atoms with van der Waals surface area (Å²) in [6.45, 7) is 5.44. The summed E-state index contributed by atoms with van der Waals surface area (Å²) in [5, 5.41) is 56.9. The van der Waals surface area contributed by atoms with E-state index in [9.17, 15) is 35.1 Å². The van der Waals surface area contributed by atoms with Crippen LogP contribution in [0.3, 0.4) is 0 Å². The number of allylic oxidation sites excluding steroid dienone is 25. The first kappa shape index (κ1) is 71.3. The number of aliphatic hydroxyl groups excluding tert-OH is 5. The maximum atomic E-state index is 13.4. The van der Waals surface area contributed by atoms with E-state index in [2.05, 4.69) is 105 Å². The molecule has 11 nitrogen and oxygen atoms in total. The molecule has 8 atom stereocenters. The van der Waals surface area contributed by atoms with Gasteiger partial charge in [0, 0.05) is 6.42 Å². The molecule has 11 heteroatoms. The van der Waals surface area contributed by atoms with E-state index < -0.39 is 67.4 Å². The molecule has 8 unspecified atom stereocenters. The first-order valence-corrected chi connectivity index (χ1v) is 29.8. The number of rotatable bonds is 47. The third-order valence-corrected chi connectivity index (χ3v) is 12.8. The van der Waals surface area contributed by atoms with Gasteiger partial charge in [-0.15, -0.1) is 0 Å². The molecule has 6 N–H and O–H groups in total. The highest BCUT2D eigenvalue weighted by atomic mass is 16.7. The van der Waals surface area contributed by atoms with Crippen LogP contribution in [0.15, 0.2) is 158 Å². The Morgan fingerprint density at radius 3 is 1.53 bits per heavy atom. The van der Waals surface area contributed by atoms with Gasteiger partial charge in [0.25, 0.3) is 0 Å². The van der Waals surface area contributed by atoms with Crippen LogP contribution < -0.4 is 5.32 Å². The fraction of sp³-hybridized carbons (Fsp3) is 0.582. The Bertz CT molecular complexity index is 1870. The van der Waals surface area contributed by atoms with Crippen LogP contribution >= 0.6 is 0 Å². The maximum absolute atomic E-state index is 13.4. The summed E-state index contributed by atoms with van der Waals surface area (Å²) in [6.07, 6.45) is 67.1. The molecule has 1 rings (SSSR count). The predicted molar refractivity (Wildman–Crippen MR) is 323 cm³/mol. The van der Waals surface area contributed by atoms with E-state index in [4.69, 9.17) is 14.2 Å². The molecule has 1 aliphatic rings. The fourth-order valence-corrected chi connectivity index (χ4v) is 8.16. The molecule has 438 valence electrons. The molecule has 1 fully saturated rings. The van der Waals surface area contributed by atoms with Gasteiger partial charge >= 0.3 is 5.97 Å². The standard InChI is InChI=1S/C67H105NO10/c1-4-7-10-13-16-19-22-25-27-29-30-31-33-34-36-39-42-45-48-51-54-60(71)66(75)68-58(59(70)53-50-47-44-41-38-24-21-18-15-12-9-6-3)57-76-67-65(64(74)63(73)61(56-69)77-67)78-62(72)55-52-49-46-43-40-37-35-32-28-26-23-20-17-14-11-8-5-2/h7-8,10-11,14,16-17,19-20,23,25-28,30-32,34-37,40,42,45,50,53,58-61,63-65,67,69-71,73-74H,4-6,9,12-13,15,18,21-22,24,29,33,38-39,41,43-44,46-49,51-52,54-57H2,1-3H3,(H,68,75)/b10-7-,11-8-,17-14+,19-16-,23-20+,27-25-,28-26-,31-30-,35-32+,36-34-,40-37+,45-42-,53-50+. The van der Waals surface area contributed by atoms with E-state index in [0.29, 0.717) is 19.3 Å². The summed E-state index contributed by atoms with van der Waals surface area (Å²) in [6, 6.07) is -1.07. The predicted octanol–water partition coefficient (Wildman–Crippen LogP) is 14.0. The van der Waals surface area contributed by atoms with Gasteiger partial charge in [-0.1, -0.05) is 243 Å². The van der Waals surface area contributed by atoms with E-state index >= 15 is 0 Å². The molecule has 78 heavy (non-hydrogen) atoms. The number of hydrogen-bond acceptors (Lipinski definition) is 10. The summed E-state index contributed by atoms with van der Waals surface area (Å²) in [5.41, 5.74) is 0. The lowest BCUT2D eigenvalue weighted by Gasteiger charge is -2.41. The van der Waals surface area contributed by atoms with E-state index in [-0.39, 0.29) is 19.4 Å². The third kappa shape index (κ3) is 40.5. The molecule has 1 saturated heterocycles. The van der Waals surface area contributed by atoms with Gasteiger partial charge in [-0.25, -0.2) is 0 Å². The normalized spacial score (nSPS) is 20.1. The van der Waals surface area contributed by atoms with Crippen LogP contribution in [0.4, 0.5) is 0 Å². The average molecular weight is 1080 g/mol. The van der Waals surface area contributed by atoms with Crippen molar-refractivity contribution in [2.24, 2.45) is 0 Å². The van der Waals surface area contributed by atoms with Crippen molar-refractivity contribution in [3.8, 4) is 0 Å². The number of carbonyl (C=O) groups is 2. The first-order valence-electron chi connectivity index (χ1n) is 29.8. The van der Waals surface area contributed by atoms with Crippen molar-refractivity contribution in [3.05, 3.63) is 158 Å². The zero-order chi connectivity index (χ0) is 56.8. The van der Waals surface area contributed by atoms with Crippen molar-refractivity contribution in [3.63, 3.8) is 0 Å². The minimum Gasteiger partial charge on any atom is -0.454 e. The van der Waals surface area contributed by atoms with Gasteiger partial charge in [0.15, 0.2) is 12.4 Å². The Morgan fingerprint density at radius 2 is 0.987 bits per heavy atom. The summed E-state index contributed by atoms with van der Waals surface area (Å²) in [7, 11) is 0. The van der Waals surface area contributed by atoms with Gasteiger partial charge in [0.1, 0.15) is 24.4 Å². The van der Waals surface area contributed by atoms with Gasteiger partial charge in [-0.2, -0.15) is 0 Å². The minimum atomic E-state index is -1.65. The van der Waals surface area contributed by atoms with E-state index in [1.165, 1.54) is 44.9 Å². The summed E-state index contributed by atoms with van der Waals surface area (Å²) >= 11 is 0. The number of unbranched alkanes of at least 4 members (excludes halogenated alkanes) is 14. The number of carbonyl (C=O) groups excluding carboxylic acids is 2. The molecular formula is C67H105NO10. The first-order chi connectivity index (χ1) is 38.2. The molecule has 0 aromatic heterocycles. The van der Waals surface area contributed by atoms with Crippen molar-refractivity contribution in [2.45, 2.75) is 237 Å². The maximum Gasteiger partial charge on any atom is 0.306 e. The Hall–Kier alpha value is -4.72. The quantitative estimate of drug-likeness (QED) is 0.0149. The molecule has 0 aliphatic carbocycles. The second-order valence-corrected chi connectivity index (χ2v) is 19.8. The van der Waals surface area contributed by atoms with Crippen LogP contribution in [-0.4, -0.2) is 99.6 Å². The zero-order valence-corrected chi connectivity index (χ0v) is 48.2. The number of aliphatic hydroxyl groups is 5. The summed E-state index contributed by atoms with van der Waals surface area (Å²) in [4.78, 5) is 26.5.